The number of halogens is 3. The van der Waals surface area contributed by atoms with Crippen LogP contribution in [-0.4, -0.2) is 35.4 Å². The van der Waals surface area contributed by atoms with E-state index in [0.717, 1.165) is 12.0 Å². The fourth-order valence-corrected chi connectivity index (χ4v) is 1.74. The maximum absolute atomic E-state index is 12.3. The van der Waals surface area contributed by atoms with Gasteiger partial charge >= 0.3 is 6.18 Å². The van der Waals surface area contributed by atoms with Crippen molar-refractivity contribution >= 4 is 0 Å². The minimum absolute atomic E-state index is 0.383. The van der Waals surface area contributed by atoms with Gasteiger partial charge in [-0.15, -0.1) is 0 Å². The summed E-state index contributed by atoms with van der Waals surface area (Å²) in [7, 11) is 0. The van der Waals surface area contributed by atoms with Gasteiger partial charge in [-0.3, -0.25) is 4.90 Å². The first kappa shape index (κ1) is 15.0. The molecule has 0 saturated heterocycles. The third-order valence-corrected chi connectivity index (χ3v) is 2.60. The molecule has 0 spiro atoms. The number of hydrogen-bond acceptors (Lipinski definition) is 2. The molecule has 1 aromatic rings. The summed E-state index contributed by atoms with van der Waals surface area (Å²) in [4.78, 5) is 1.62. The molecule has 5 heteroatoms. The zero-order valence-electron chi connectivity index (χ0n) is 10.3. The zero-order valence-corrected chi connectivity index (χ0v) is 10.3. The Labute approximate surface area is 105 Å². The molecule has 0 amide bonds. The van der Waals surface area contributed by atoms with Gasteiger partial charge in [0, 0.05) is 13.1 Å². The first-order valence-electron chi connectivity index (χ1n) is 5.94. The van der Waals surface area contributed by atoms with Gasteiger partial charge in [-0.2, -0.15) is 13.2 Å². The van der Waals surface area contributed by atoms with Crippen molar-refractivity contribution in [2.24, 2.45) is 0 Å². The van der Waals surface area contributed by atoms with Crippen molar-refractivity contribution in [3.63, 3.8) is 0 Å². The molecular formula is C13H18F3NO. The highest BCUT2D eigenvalue weighted by Gasteiger charge is 2.38. The van der Waals surface area contributed by atoms with Crippen LogP contribution in [0.4, 0.5) is 13.2 Å². The van der Waals surface area contributed by atoms with Crippen LogP contribution in [0, 0.1) is 0 Å². The van der Waals surface area contributed by atoms with Gasteiger partial charge in [0.2, 0.25) is 0 Å². The number of aliphatic hydroxyl groups is 1. The predicted octanol–water partition coefficient (Wildman–Crippen LogP) is 2.82. The van der Waals surface area contributed by atoms with Gasteiger partial charge in [0.1, 0.15) is 0 Å². The van der Waals surface area contributed by atoms with Crippen molar-refractivity contribution in [1.29, 1.82) is 0 Å². The minimum Gasteiger partial charge on any atom is -0.382 e. The van der Waals surface area contributed by atoms with Gasteiger partial charge in [-0.25, -0.2) is 0 Å². The van der Waals surface area contributed by atoms with Crippen molar-refractivity contribution in [3.8, 4) is 0 Å². The first-order chi connectivity index (χ1) is 8.43. The SMILES string of the molecule is CCCN(Cc1ccccc1)CC(O)C(F)(F)F. The third-order valence-electron chi connectivity index (χ3n) is 2.60. The van der Waals surface area contributed by atoms with Crippen LogP contribution in [0.1, 0.15) is 18.9 Å². The number of nitrogens with zero attached hydrogens (tertiary/aromatic N) is 1. The molecule has 2 nitrogen and oxygen atoms in total. The molecule has 1 aromatic carbocycles. The van der Waals surface area contributed by atoms with Gasteiger partial charge in [-0.1, -0.05) is 37.3 Å². The lowest BCUT2D eigenvalue weighted by atomic mass is 10.2. The molecule has 0 aliphatic rings. The monoisotopic (exact) mass is 261 g/mol. The van der Waals surface area contributed by atoms with Crippen LogP contribution in [0.5, 0.6) is 0 Å². The molecular weight excluding hydrogens is 243 g/mol. The molecule has 0 fully saturated rings. The number of rotatable bonds is 6. The lowest BCUT2D eigenvalue weighted by Gasteiger charge is -2.25. The van der Waals surface area contributed by atoms with Crippen molar-refractivity contribution < 1.29 is 18.3 Å². The topological polar surface area (TPSA) is 23.5 Å². The molecule has 0 bridgehead atoms. The van der Waals surface area contributed by atoms with E-state index < -0.39 is 12.3 Å². The lowest BCUT2D eigenvalue weighted by Crippen LogP contribution is -2.41. The van der Waals surface area contributed by atoms with Gasteiger partial charge in [0.25, 0.3) is 0 Å². The molecule has 18 heavy (non-hydrogen) atoms. The van der Waals surface area contributed by atoms with E-state index in [1.165, 1.54) is 0 Å². The van der Waals surface area contributed by atoms with Gasteiger partial charge in [0.05, 0.1) is 0 Å². The highest BCUT2D eigenvalue weighted by Crippen LogP contribution is 2.21. The van der Waals surface area contributed by atoms with E-state index >= 15 is 0 Å². The molecule has 0 radical (unpaired) electrons. The van der Waals surface area contributed by atoms with Gasteiger partial charge < -0.3 is 5.11 Å². The minimum atomic E-state index is -4.55. The Morgan fingerprint density at radius 2 is 1.83 bits per heavy atom. The number of alkyl halides is 3. The number of hydrogen-bond donors (Lipinski definition) is 1. The van der Waals surface area contributed by atoms with E-state index in [4.69, 9.17) is 5.11 Å². The summed E-state index contributed by atoms with van der Waals surface area (Å²) < 4.78 is 36.9. The lowest BCUT2D eigenvalue weighted by molar-refractivity contribution is -0.208. The Bertz CT molecular complexity index is 340. The Balaban J connectivity index is 2.60. The fourth-order valence-electron chi connectivity index (χ4n) is 1.74. The second-order valence-corrected chi connectivity index (χ2v) is 4.28. The Kier molecular flexibility index (Phi) is 5.62. The van der Waals surface area contributed by atoms with E-state index in [0.29, 0.717) is 13.1 Å². The summed E-state index contributed by atoms with van der Waals surface area (Å²) in [5.74, 6) is 0. The van der Waals surface area contributed by atoms with Crippen LogP contribution < -0.4 is 0 Å². The summed E-state index contributed by atoms with van der Waals surface area (Å²) >= 11 is 0. The summed E-state index contributed by atoms with van der Waals surface area (Å²) in [5.41, 5.74) is 0.945. The summed E-state index contributed by atoms with van der Waals surface area (Å²) in [5, 5.41) is 9.09. The molecule has 0 heterocycles. The number of benzene rings is 1. The summed E-state index contributed by atoms with van der Waals surface area (Å²) in [6.07, 6.45) is -6.09. The van der Waals surface area contributed by atoms with Crippen molar-refractivity contribution in [2.45, 2.75) is 32.2 Å². The van der Waals surface area contributed by atoms with Crippen LogP contribution in [0.25, 0.3) is 0 Å². The zero-order chi connectivity index (χ0) is 13.6. The molecule has 1 rings (SSSR count). The molecule has 0 aliphatic carbocycles. The Hall–Kier alpha value is -1.07. The standard InChI is InChI=1S/C13H18F3NO/c1-2-8-17(10-12(18)13(14,15)16)9-11-6-4-3-5-7-11/h3-7,12,18H,2,8-10H2,1H3. The average Bonchev–Trinajstić information content (AvgIpc) is 2.29. The summed E-state index contributed by atoms with van der Waals surface area (Å²) in [6.45, 7) is 2.47. The molecule has 102 valence electrons. The maximum Gasteiger partial charge on any atom is 0.415 e. The van der Waals surface area contributed by atoms with Crippen LogP contribution in [0.15, 0.2) is 30.3 Å². The van der Waals surface area contributed by atoms with Crippen LogP contribution in [0.2, 0.25) is 0 Å². The normalized spacial score (nSPS) is 13.9. The third kappa shape index (κ3) is 5.06. The van der Waals surface area contributed by atoms with E-state index in [9.17, 15) is 13.2 Å². The Morgan fingerprint density at radius 3 is 2.33 bits per heavy atom. The molecule has 0 aromatic heterocycles. The number of aliphatic hydroxyl groups excluding tert-OH is 1. The second kappa shape index (κ2) is 6.75. The largest absolute Gasteiger partial charge is 0.415 e. The van der Waals surface area contributed by atoms with Crippen molar-refractivity contribution in [1.82, 2.24) is 4.90 Å². The highest BCUT2D eigenvalue weighted by molar-refractivity contribution is 5.14. The maximum atomic E-state index is 12.3. The fraction of sp³-hybridized carbons (Fsp3) is 0.538. The van der Waals surface area contributed by atoms with Crippen LogP contribution in [0.3, 0.4) is 0 Å². The van der Waals surface area contributed by atoms with E-state index in [-0.39, 0.29) is 6.54 Å². The summed E-state index contributed by atoms with van der Waals surface area (Å²) in [6, 6.07) is 9.28. The molecule has 1 atom stereocenters. The van der Waals surface area contributed by atoms with E-state index in [1.54, 1.807) is 4.90 Å². The Morgan fingerprint density at radius 1 is 1.22 bits per heavy atom. The second-order valence-electron chi connectivity index (χ2n) is 4.28. The van der Waals surface area contributed by atoms with Crippen LogP contribution >= 0.6 is 0 Å². The molecule has 1 N–H and O–H groups in total. The van der Waals surface area contributed by atoms with E-state index in [2.05, 4.69) is 0 Å². The molecule has 0 aliphatic heterocycles. The average molecular weight is 261 g/mol. The van der Waals surface area contributed by atoms with Crippen molar-refractivity contribution in [2.75, 3.05) is 13.1 Å². The molecule has 1 unspecified atom stereocenters. The first-order valence-corrected chi connectivity index (χ1v) is 5.94. The van der Waals surface area contributed by atoms with Gasteiger partial charge in [0.15, 0.2) is 6.10 Å². The van der Waals surface area contributed by atoms with E-state index in [1.807, 2.05) is 37.3 Å². The van der Waals surface area contributed by atoms with Crippen LogP contribution in [-0.2, 0) is 6.54 Å². The smallest absolute Gasteiger partial charge is 0.382 e. The van der Waals surface area contributed by atoms with Crippen molar-refractivity contribution in [3.05, 3.63) is 35.9 Å². The quantitative estimate of drug-likeness (QED) is 0.851. The predicted molar refractivity (Wildman–Crippen MR) is 64.1 cm³/mol. The molecule has 0 saturated carbocycles. The van der Waals surface area contributed by atoms with Gasteiger partial charge in [-0.05, 0) is 18.5 Å². The highest BCUT2D eigenvalue weighted by atomic mass is 19.4.